The first-order valence-corrected chi connectivity index (χ1v) is 11.6. The molecular weight excluding hydrogens is 444 g/mol. The fourth-order valence-corrected chi connectivity index (χ4v) is 4.94. The van der Waals surface area contributed by atoms with E-state index in [0.29, 0.717) is 24.3 Å². The molecule has 0 saturated heterocycles. The van der Waals surface area contributed by atoms with Gasteiger partial charge in [-0.2, -0.15) is 0 Å². The molecule has 0 spiro atoms. The van der Waals surface area contributed by atoms with Gasteiger partial charge in [-0.1, -0.05) is 38.1 Å². The van der Waals surface area contributed by atoms with Gasteiger partial charge in [0.25, 0.3) is 0 Å². The van der Waals surface area contributed by atoms with E-state index in [4.69, 9.17) is 14.2 Å². The first kappa shape index (κ1) is 24.5. The highest BCUT2D eigenvalue weighted by Crippen LogP contribution is 2.46. The molecule has 7 heteroatoms. The van der Waals surface area contributed by atoms with Crippen LogP contribution in [0.5, 0.6) is 5.88 Å². The van der Waals surface area contributed by atoms with Crippen molar-refractivity contribution in [3.63, 3.8) is 0 Å². The Hall–Kier alpha value is -3.61. The summed E-state index contributed by atoms with van der Waals surface area (Å²) < 4.78 is 18.0. The Morgan fingerprint density at radius 3 is 2.43 bits per heavy atom. The Labute approximate surface area is 205 Å². The van der Waals surface area contributed by atoms with Gasteiger partial charge in [0.2, 0.25) is 5.88 Å². The maximum Gasteiger partial charge on any atom is 0.419 e. The zero-order valence-corrected chi connectivity index (χ0v) is 21.4. The normalized spacial score (nSPS) is 15.1. The summed E-state index contributed by atoms with van der Waals surface area (Å²) in [6.07, 6.45) is 0.314. The van der Waals surface area contributed by atoms with Crippen molar-refractivity contribution in [2.24, 2.45) is 0 Å². The average molecular weight is 477 g/mol. The molecular formula is C28H32N2O5. The minimum Gasteiger partial charge on any atom is -0.481 e. The minimum atomic E-state index is -0.697. The number of para-hydroxylation sites is 1. The lowest BCUT2D eigenvalue weighted by Crippen LogP contribution is -2.36. The topological polar surface area (TPSA) is 79.7 Å². The van der Waals surface area contributed by atoms with Gasteiger partial charge >= 0.3 is 12.1 Å². The van der Waals surface area contributed by atoms with Gasteiger partial charge in [-0.15, -0.1) is 0 Å². The average Bonchev–Trinajstić information content (AvgIpc) is 3.15. The van der Waals surface area contributed by atoms with Crippen LogP contribution in [0.25, 0.3) is 10.9 Å². The molecule has 0 N–H and O–H groups in total. The number of ether oxygens (including phenoxy) is 3. The molecule has 1 aliphatic carbocycles. The molecule has 4 rings (SSSR count). The standard InChI is InChI=1S/C28H32N2O5/c1-27(2,3)35-26(32)30-22-13-9-8-12-18(22)19-16-20(25(31)34-7)21(28(4,5)24(19)30)15-17-11-10-14-23(29-17)33-6/h8-14H,15-16H2,1-7H3. The van der Waals surface area contributed by atoms with Crippen LogP contribution < -0.4 is 4.74 Å². The Morgan fingerprint density at radius 1 is 1.06 bits per heavy atom. The Kier molecular flexibility index (Phi) is 6.21. The van der Waals surface area contributed by atoms with Gasteiger partial charge in [0.1, 0.15) is 5.60 Å². The number of hydrogen-bond acceptors (Lipinski definition) is 6. The predicted octanol–water partition coefficient (Wildman–Crippen LogP) is 5.37. The molecule has 2 aromatic heterocycles. The number of fused-ring (bicyclic) bond motifs is 3. The van der Waals surface area contributed by atoms with Crippen molar-refractivity contribution >= 4 is 23.0 Å². The van der Waals surface area contributed by atoms with Crippen LogP contribution in [0, 0.1) is 0 Å². The van der Waals surface area contributed by atoms with E-state index in [2.05, 4.69) is 4.98 Å². The lowest BCUT2D eigenvalue weighted by Gasteiger charge is -2.36. The molecule has 0 aliphatic heterocycles. The van der Waals surface area contributed by atoms with Crippen molar-refractivity contribution in [3.8, 4) is 5.88 Å². The highest BCUT2D eigenvalue weighted by atomic mass is 16.6. The third kappa shape index (κ3) is 4.43. The van der Waals surface area contributed by atoms with Crippen LogP contribution in [0.4, 0.5) is 4.79 Å². The molecule has 7 nitrogen and oxygen atoms in total. The molecule has 0 fully saturated rings. The number of methoxy groups -OCH3 is 2. The highest BCUT2D eigenvalue weighted by molar-refractivity contribution is 5.98. The van der Waals surface area contributed by atoms with Crippen LogP contribution in [-0.2, 0) is 32.5 Å². The summed E-state index contributed by atoms with van der Waals surface area (Å²) in [5.41, 5.74) is 3.35. The van der Waals surface area contributed by atoms with Gasteiger partial charge in [0, 0.05) is 46.7 Å². The molecule has 0 radical (unpaired) electrons. The summed E-state index contributed by atoms with van der Waals surface area (Å²) >= 11 is 0. The Morgan fingerprint density at radius 2 is 1.77 bits per heavy atom. The van der Waals surface area contributed by atoms with Crippen molar-refractivity contribution in [3.05, 3.63) is 70.6 Å². The number of hydrogen-bond donors (Lipinski definition) is 0. The second kappa shape index (κ2) is 8.87. The SMILES string of the molecule is COC(=O)C1=C(Cc2cccc(OC)n2)C(C)(C)c2c(c3ccccc3n2C(=O)OC(C)(C)C)C1. The number of rotatable bonds is 4. The first-order valence-electron chi connectivity index (χ1n) is 11.6. The van der Waals surface area contributed by atoms with E-state index in [-0.39, 0.29) is 5.97 Å². The van der Waals surface area contributed by atoms with Crippen molar-refractivity contribution < 1.29 is 23.8 Å². The first-order chi connectivity index (χ1) is 16.5. The number of benzene rings is 1. The van der Waals surface area contributed by atoms with Gasteiger partial charge in [0.15, 0.2) is 0 Å². The summed E-state index contributed by atoms with van der Waals surface area (Å²) in [6.45, 7) is 9.61. The van der Waals surface area contributed by atoms with Crippen LogP contribution in [-0.4, -0.2) is 41.4 Å². The summed E-state index contributed by atoms with van der Waals surface area (Å²) in [5, 5.41) is 0.918. The second-order valence-electron chi connectivity index (χ2n) is 10.3. The van der Waals surface area contributed by atoms with Crippen LogP contribution in [0.15, 0.2) is 53.6 Å². The lowest BCUT2D eigenvalue weighted by atomic mass is 9.69. The van der Waals surface area contributed by atoms with Gasteiger partial charge in [-0.25, -0.2) is 19.1 Å². The quantitative estimate of drug-likeness (QED) is 0.471. The van der Waals surface area contributed by atoms with Gasteiger partial charge < -0.3 is 14.2 Å². The van der Waals surface area contributed by atoms with Crippen molar-refractivity contribution in [1.82, 2.24) is 9.55 Å². The number of carbonyl (C=O) groups is 2. The zero-order chi connectivity index (χ0) is 25.5. The number of pyridine rings is 1. The van der Waals surface area contributed by atoms with Crippen LogP contribution >= 0.6 is 0 Å². The molecule has 2 heterocycles. The monoisotopic (exact) mass is 476 g/mol. The Bertz CT molecular complexity index is 1340. The van der Waals surface area contributed by atoms with Crippen molar-refractivity contribution in [1.29, 1.82) is 0 Å². The number of esters is 1. The van der Waals surface area contributed by atoms with Crippen LogP contribution in [0.1, 0.15) is 51.6 Å². The van der Waals surface area contributed by atoms with E-state index in [1.807, 2.05) is 71.0 Å². The maximum atomic E-state index is 13.5. The van der Waals surface area contributed by atoms with Gasteiger partial charge in [-0.3, -0.25) is 0 Å². The van der Waals surface area contributed by atoms with E-state index < -0.39 is 17.1 Å². The van der Waals surface area contributed by atoms with E-state index in [9.17, 15) is 9.59 Å². The van der Waals surface area contributed by atoms with Crippen molar-refractivity contribution in [2.75, 3.05) is 14.2 Å². The molecule has 1 aromatic carbocycles. The molecule has 0 bridgehead atoms. The van der Waals surface area contributed by atoms with Crippen LogP contribution in [0.2, 0.25) is 0 Å². The minimum absolute atomic E-state index is 0.348. The van der Waals surface area contributed by atoms with Crippen molar-refractivity contribution in [2.45, 2.75) is 58.5 Å². The Balaban J connectivity index is 1.96. The molecule has 0 saturated carbocycles. The smallest absolute Gasteiger partial charge is 0.419 e. The fourth-order valence-electron chi connectivity index (χ4n) is 4.94. The number of carbonyl (C=O) groups excluding carboxylic acids is 2. The third-order valence-electron chi connectivity index (χ3n) is 6.40. The molecule has 35 heavy (non-hydrogen) atoms. The predicted molar refractivity (Wildman–Crippen MR) is 134 cm³/mol. The van der Waals surface area contributed by atoms with E-state index in [0.717, 1.165) is 33.4 Å². The fraction of sp³-hybridized carbons (Fsp3) is 0.393. The largest absolute Gasteiger partial charge is 0.481 e. The van der Waals surface area contributed by atoms with E-state index in [1.54, 1.807) is 17.7 Å². The highest BCUT2D eigenvalue weighted by Gasteiger charge is 2.43. The number of nitrogens with zero attached hydrogens (tertiary/aromatic N) is 2. The number of aromatic nitrogens is 2. The van der Waals surface area contributed by atoms with Gasteiger partial charge in [0.05, 0.1) is 19.7 Å². The lowest BCUT2D eigenvalue weighted by molar-refractivity contribution is -0.136. The number of allylic oxidation sites excluding steroid dienone is 1. The zero-order valence-electron chi connectivity index (χ0n) is 21.4. The van der Waals surface area contributed by atoms with Crippen LogP contribution in [0.3, 0.4) is 0 Å². The summed E-state index contributed by atoms with van der Waals surface area (Å²) in [5.74, 6) is 0.121. The van der Waals surface area contributed by atoms with E-state index >= 15 is 0 Å². The second-order valence-corrected chi connectivity index (χ2v) is 10.3. The molecule has 0 unspecified atom stereocenters. The van der Waals surface area contributed by atoms with E-state index in [1.165, 1.54) is 7.11 Å². The molecule has 3 aromatic rings. The summed E-state index contributed by atoms with van der Waals surface area (Å²) in [6, 6.07) is 13.3. The summed E-state index contributed by atoms with van der Waals surface area (Å²) in [7, 11) is 2.96. The molecule has 0 atom stereocenters. The third-order valence-corrected chi connectivity index (χ3v) is 6.40. The molecule has 184 valence electrons. The maximum absolute atomic E-state index is 13.5. The molecule has 1 aliphatic rings. The summed E-state index contributed by atoms with van der Waals surface area (Å²) in [4.78, 5) is 31.1. The van der Waals surface area contributed by atoms with Gasteiger partial charge in [-0.05, 0) is 44.0 Å². The molecule has 0 amide bonds.